The number of thiophene rings is 1. The van der Waals surface area contributed by atoms with Crippen LogP contribution in [0.15, 0.2) is 40.6 Å². The lowest BCUT2D eigenvalue weighted by Gasteiger charge is -2.34. The summed E-state index contributed by atoms with van der Waals surface area (Å²) >= 11 is 1.63. The second-order valence-electron chi connectivity index (χ2n) is 7.98. The highest BCUT2D eigenvalue weighted by Crippen LogP contribution is 2.27. The van der Waals surface area contributed by atoms with Gasteiger partial charge in [0.1, 0.15) is 0 Å². The SMILES string of the molecule is Cc1ccsc1CN(C)C(=O)c1ccc(S(=O)(=O)N2C[C@H](C)C[C@@H](C)C2)cc1. The number of hydrogen-bond acceptors (Lipinski definition) is 4. The first-order valence-electron chi connectivity index (χ1n) is 9.57. The molecule has 2 aromatic rings. The van der Waals surface area contributed by atoms with Gasteiger partial charge in [0.05, 0.1) is 11.4 Å². The molecule has 1 aliphatic heterocycles. The van der Waals surface area contributed by atoms with Gasteiger partial charge < -0.3 is 4.90 Å². The van der Waals surface area contributed by atoms with E-state index in [4.69, 9.17) is 0 Å². The summed E-state index contributed by atoms with van der Waals surface area (Å²) < 4.78 is 27.5. The first kappa shape index (κ1) is 21.0. The van der Waals surface area contributed by atoms with Crippen LogP contribution >= 0.6 is 11.3 Å². The van der Waals surface area contributed by atoms with E-state index in [1.807, 2.05) is 18.4 Å². The standard InChI is InChI=1S/C21H28N2O3S2/c1-15-11-16(2)13-23(12-15)28(25,26)19-7-5-18(6-8-19)21(24)22(4)14-20-17(3)9-10-27-20/h5-10,15-16H,11-14H2,1-4H3/t15-,16-/m1/s1. The summed E-state index contributed by atoms with van der Waals surface area (Å²) in [5.74, 6) is 0.597. The van der Waals surface area contributed by atoms with Crippen molar-refractivity contribution >= 4 is 27.3 Å². The maximum atomic E-state index is 13.0. The fourth-order valence-electron chi connectivity index (χ4n) is 3.79. The average Bonchev–Trinajstić information content (AvgIpc) is 3.05. The molecule has 0 saturated carbocycles. The van der Waals surface area contributed by atoms with E-state index in [1.54, 1.807) is 51.9 Å². The van der Waals surface area contributed by atoms with E-state index < -0.39 is 10.0 Å². The van der Waals surface area contributed by atoms with Crippen LogP contribution in [0.1, 0.15) is 41.1 Å². The Kier molecular flexibility index (Phi) is 6.27. The lowest BCUT2D eigenvalue weighted by molar-refractivity contribution is 0.0786. The van der Waals surface area contributed by atoms with Crippen LogP contribution in [0.4, 0.5) is 0 Å². The number of hydrogen-bond donors (Lipinski definition) is 0. The summed E-state index contributed by atoms with van der Waals surface area (Å²) in [6.07, 6.45) is 1.05. The van der Waals surface area contributed by atoms with Gasteiger partial charge in [-0.15, -0.1) is 11.3 Å². The molecule has 0 bridgehead atoms. The summed E-state index contributed by atoms with van der Waals surface area (Å²) in [7, 11) is -1.76. The Morgan fingerprint density at radius 1 is 1.14 bits per heavy atom. The van der Waals surface area contributed by atoms with Gasteiger partial charge in [-0.2, -0.15) is 4.31 Å². The maximum absolute atomic E-state index is 13.0. The number of nitrogens with zero attached hydrogens (tertiary/aromatic N) is 2. The molecule has 1 saturated heterocycles. The molecule has 1 amide bonds. The third kappa shape index (κ3) is 4.47. The van der Waals surface area contributed by atoms with Gasteiger partial charge in [-0.1, -0.05) is 13.8 Å². The molecule has 1 fully saturated rings. The first-order valence-corrected chi connectivity index (χ1v) is 11.9. The van der Waals surface area contributed by atoms with Crippen molar-refractivity contribution in [2.75, 3.05) is 20.1 Å². The topological polar surface area (TPSA) is 57.7 Å². The van der Waals surface area contributed by atoms with E-state index in [1.165, 1.54) is 5.56 Å². The number of piperidine rings is 1. The quantitative estimate of drug-likeness (QED) is 0.735. The Morgan fingerprint density at radius 2 is 1.75 bits per heavy atom. The van der Waals surface area contributed by atoms with Gasteiger partial charge in [0.25, 0.3) is 5.91 Å². The molecule has 28 heavy (non-hydrogen) atoms. The van der Waals surface area contributed by atoms with Crippen molar-refractivity contribution in [3.63, 3.8) is 0 Å². The Bertz CT molecular complexity index is 925. The van der Waals surface area contributed by atoms with Gasteiger partial charge in [0.2, 0.25) is 10.0 Å². The van der Waals surface area contributed by atoms with Crippen LogP contribution in [0.2, 0.25) is 0 Å². The van der Waals surface area contributed by atoms with Crippen LogP contribution in [-0.4, -0.2) is 43.7 Å². The van der Waals surface area contributed by atoms with E-state index in [9.17, 15) is 13.2 Å². The third-order valence-electron chi connectivity index (χ3n) is 5.27. The lowest BCUT2D eigenvalue weighted by Crippen LogP contribution is -2.42. The third-order valence-corrected chi connectivity index (χ3v) is 8.12. The maximum Gasteiger partial charge on any atom is 0.253 e. The van der Waals surface area contributed by atoms with Crippen molar-refractivity contribution in [3.8, 4) is 0 Å². The second kappa shape index (κ2) is 8.35. The molecule has 2 atom stereocenters. The first-order chi connectivity index (χ1) is 13.2. The van der Waals surface area contributed by atoms with Crippen LogP contribution in [0.25, 0.3) is 0 Å². The number of sulfonamides is 1. The molecule has 0 N–H and O–H groups in total. The number of aryl methyl sites for hydroxylation is 1. The minimum absolute atomic E-state index is 0.114. The predicted molar refractivity (Wildman–Crippen MR) is 113 cm³/mol. The molecule has 0 aliphatic carbocycles. The normalized spacial score (nSPS) is 20.9. The Morgan fingerprint density at radius 3 is 2.29 bits per heavy atom. The highest BCUT2D eigenvalue weighted by Gasteiger charge is 2.31. The number of rotatable bonds is 5. The molecule has 1 aromatic carbocycles. The molecule has 2 heterocycles. The van der Waals surface area contributed by atoms with Crippen molar-refractivity contribution < 1.29 is 13.2 Å². The van der Waals surface area contributed by atoms with E-state index in [-0.39, 0.29) is 10.8 Å². The fourth-order valence-corrected chi connectivity index (χ4v) is 6.43. The summed E-state index contributed by atoms with van der Waals surface area (Å²) in [4.78, 5) is 15.8. The largest absolute Gasteiger partial charge is 0.337 e. The highest BCUT2D eigenvalue weighted by atomic mass is 32.2. The minimum Gasteiger partial charge on any atom is -0.337 e. The Hall–Kier alpha value is -1.70. The molecule has 5 nitrogen and oxygen atoms in total. The van der Waals surface area contributed by atoms with Crippen molar-refractivity contribution in [2.24, 2.45) is 11.8 Å². The molecule has 152 valence electrons. The number of carbonyl (C=O) groups is 1. The highest BCUT2D eigenvalue weighted by molar-refractivity contribution is 7.89. The predicted octanol–water partition coefficient (Wildman–Crippen LogP) is 4.00. The van der Waals surface area contributed by atoms with Gasteiger partial charge in [0.15, 0.2) is 0 Å². The monoisotopic (exact) mass is 420 g/mol. The molecule has 0 spiro atoms. The second-order valence-corrected chi connectivity index (χ2v) is 10.9. The molecule has 0 unspecified atom stereocenters. The van der Waals surface area contributed by atoms with E-state index >= 15 is 0 Å². The lowest BCUT2D eigenvalue weighted by atomic mass is 9.94. The van der Waals surface area contributed by atoms with Gasteiger partial charge in [-0.25, -0.2) is 8.42 Å². The van der Waals surface area contributed by atoms with Gasteiger partial charge >= 0.3 is 0 Å². The molecule has 3 rings (SSSR count). The van der Waals surface area contributed by atoms with Crippen molar-refractivity contribution in [3.05, 3.63) is 51.7 Å². The van der Waals surface area contributed by atoms with E-state index in [2.05, 4.69) is 13.8 Å². The van der Waals surface area contributed by atoms with Crippen molar-refractivity contribution in [1.82, 2.24) is 9.21 Å². The van der Waals surface area contributed by atoms with Crippen LogP contribution in [0, 0.1) is 18.8 Å². The summed E-state index contributed by atoms with van der Waals surface area (Å²) in [5, 5.41) is 2.02. The van der Waals surface area contributed by atoms with Crippen LogP contribution in [0.3, 0.4) is 0 Å². The molecule has 1 aliphatic rings. The molecular weight excluding hydrogens is 392 g/mol. The van der Waals surface area contributed by atoms with E-state index in [0.29, 0.717) is 37.0 Å². The minimum atomic E-state index is -3.53. The Labute approximate surface area is 172 Å². The zero-order valence-corrected chi connectivity index (χ0v) is 18.5. The van der Waals surface area contributed by atoms with Crippen molar-refractivity contribution in [2.45, 2.75) is 38.6 Å². The molecule has 0 radical (unpaired) electrons. The van der Waals surface area contributed by atoms with Gasteiger partial charge in [-0.3, -0.25) is 4.79 Å². The smallest absolute Gasteiger partial charge is 0.253 e. The number of benzene rings is 1. The zero-order chi connectivity index (χ0) is 20.5. The number of carbonyl (C=O) groups excluding carboxylic acids is 1. The average molecular weight is 421 g/mol. The summed E-state index contributed by atoms with van der Waals surface area (Å²) in [6, 6.07) is 8.38. The van der Waals surface area contributed by atoms with E-state index in [0.717, 1.165) is 11.3 Å². The van der Waals surface area contributed by atoms with Crippen LogP contribution in [0.5, 0.6) is 0 Å². The number of amides is 1. The van der Waals surface area contributed by atoms with Gasteiger partial charge in [-0.05, 0) is 66.5 Å². The summed E-state index contributed by atoms with van der Waals surface area (Å²) in [5.41, 5.74) is 1.67. The zero-order valence-electron chi connectivity index (χ0n) is 16.9. The molecule has 1 aromatic heterocycles. The molecule has 7 heteroatoms. The summed E-state index contributed by atoms with van der Waals surface area (Å²) in [6.45, 7) is 7.86. The van der Waals surface area contributed by atoms with Crippen molar-refractivity contribution in [1.29, 1.82) is 0 Å². The Balaban J connectivity index is 1.73. The fraction of sp³-hybridized carbons (Fsp3) is 0.476. The molecular formula is C21H28N2O3S2. The van der Waals surface area contributed by atoms with Gasteiger partial charge in [0, 0.05) is 30.6 Å². The van der Waals surface area contributed by atoms with Crippen LogP contribution in [-0.2, 0) is 16.6 Å². The van der Waals surface area contributed by atoms with Crippen LogP contribution < -0.4 is 0 Å².